The maximum atomic E-state index is 10.2. The van der Waals surface area contributed by atoms with Crippen LogP contribution in [0.25, 0.3) is 0 Å². The van der Waals surface area contributed by atoms with E-state index in [1.54, 1.807) is 0 Å². The number of aromatic nitrogens is 1. The first-order chi connectivity index (χ1) is 8.20. The van der Waals surface area contributed by atoms with Crippen LogP contribution in [-0.4, -0.2) is 10.1 Å². The third-order valence-electron chi connectivity index (χ3n) is 2.89. The van der Waals surface area contributed by atoms with Crippen LogP contribution in [0, 0.1) is 6.92 Å². The molecular weight excluding hydrogens is 210 g/mol. The summed E-state index contributed by atoms with van der Waals surface area (Å²) in [7, 11) is 0. The monoisotopic (exact) mass is 227 g/mol. The van der Waals surface area contributed by atoms with Crippen LogP contribution in [0.15, 0.2) is 42.5 Å². The molecule has 2 heteroatoms. The standard InChI is InChI=1S/C15H17NO/c1-3-12-7-9-13(10-8-12)15(17)14-6-4-5-11(2)16-14/h4-10,15,17H,3H2,1-2H3. The van der Waals surface area contributed by atoms with E-state index in [1.165, 1.54) is 5.56 Å². The molecule has 2 rings (SSSR count). The number of pyridine rings is 1. The predicted octanol–water partition coefficient (Wildman–Crippen LogP) is 3.03. The molecule has 1 aromatic heterocycles. The molecule has 0 amide bonds. The van der Waals surface area contributed by atoms with Crippen molar-refractivity contribution in [3.63, 3.8) is 0 Å². The van der Waals surface area contributed by atoms with Gasteiger partial charge >= 0.3 is 0 Å². The number of hydrogen-bond acceptors (Lipinski definition) is 2. The molecule has 0 aliphatic rings. The van der Waals surface area contributed by atoms with E-state index in [4.69, 9.17) is 0 Å². The summed E-state index contributed by atoms with van der Waals surface area (Å²) >= 11 is 0. The van der Waals surface area contributed by atoms with Gasteiger partial charge in [0, 0.05) is 5.69 Å². The van der Waals surface area contributed by atoms with Gasteiger partial charge in [0.05, 0.1) is 5.69 Å². The van der Waals surface area contributed by atoms with Crippen molar-refractivity contribution in [1.29, 1.82) is 0 Å². The summed E-state index contributed by atoms with van der Waals surface area (Å²) in [4.78, 5) is 4.34. The normalized spacial score (nSPS) is 12.4. The van der Waals surface area contributed by atoms with Crippen molar-refractivity contribution in [2.45, 2.75) is 26.4 Å². The lowest BCUT2D eigenvalue weighted by Gasteiger charge is -2.11. The molecule has 1 unspecified atom stereocenters. The lowest BCUT2D eigenvalue weighted by molar-refractivity contribution is 0.215. The van der Waals surface area contributed by atoms with Crippen molar-refractivity contribution < 1.29 is 5.11 Å². The van der Waals surface area contributed by atoms with Crippen molar-refractivity contribution in [1.82, 2.24) is 4.98 Å². The lowest BCUT2D eigenvalue weighted by Crippen LogP contribution is -2.03. The number of benzene rings is 1. The minimum absolute atomic E-state index is 0.638. The van der Waals surface area contributed by atoms with E-state index in [0.29, 0.717) is 5.69 Å². The van der Waals surface area contributed by atoms with Crippen LogP contribution in [0.5, 0.6) is 0 Å². The zero-order valence-corrected chi connectivity index (χ0v) is 10.2. The average molecular weight is 227 g/mol. The third kappa shape index (κ3) is 2.71. The molecule has 1 heterocycles. The minimum atomic E-state index is -0.638. The maximum absolute atomic E-state index is 10.2. The summed E-state index contributed by atoms with van der Waals surface area (Å²) in [5.41, 5.74) is 3.79. The summed E-state index contributed by atoms with van der Waals surface area (Å²) < 4.78 is 0. The van der Waals surface area contributed by atoms with Gasteiger partial charge in [-0.2, -0.15) is 0 Å². The summed E-state index contributed by atoms with van der Waals surface area (Å²) in [6.07, 6.45) is 0.375. The van der Waals surface area contributed by atoms with Gasteiger partial charge in [-0.3, -0.25) is 4.98 Å². The molecule has 0 saturated carbocycles. The highest BCUT2D eigenvalue weighted by Gasteiger charge is 2.11. The number of aliphatic hydroxyl groups is 1. The van der Waals surface area contributed by atoms with Crippen LogP contribution in [0.4, 0.5) is 0 Å². The fraction of sp³-hybridized carbons (Fsp3) is 0.267. The van der Waals surface area contributed by atoms with E-state index >= 15 is 0 Å². The molecule has 1 N–H and O–H groups in total. The minimum Gasteiger partial charge on any atom is -0.382 e. The molecule has 2 aromatic rings. The molecule has 1 atom stereocenters. The molecule has 0 aliphatic heterocycles. The Kier molecular flexibility index (Phi) is 3.55. The molecule has 88 valence electrons. The van der Waals surface area contributed by atoms with Crippen LogP contribution >= 0.6 is 0 Å². The second-order valence-corrected chi connectivity index (χ2v) is 4.20. The van der Waals surface area contributed by atoms with Crippen LogP contribution in [0.1, 0.15) is 35.5 Å². The Balaban J connectivity index is 2.27. The van der Waals surface area contributed by atoms with Gasteiger partial charge in [-0.05, 0) is 36.6 Å². The SMILES string of the molecule is CCc1ccc(C(O)c2cccc(C)n2)cc1. The Labute approximate surface area is 102 Å². The van der Waals surface area contributed by atoms with Gasteiger partial charge in [-0.25, -0.2) is 0 Å². The van der Waals surface area contributed by atoms with Crippen molar-refractivity contribution in [2.24, 2.45) is 0 Å². The topological polar surface area (TPSA) is 33.1 Å². The Morgan fingerprint density at radius 2 is 1.82 bits per heavy atom. The molecule has 17 heavy (non-hydrogen) atoms. The number of aryl methyl sites for hydroxylation is 2. The van der Waals surface area contributed by atoms with E-state index in [9.17, 15) is 5.11 Å². The highest BCUT2D eigenvalue weighted by molar-refractivity contribution is 5.29. The number of nitrogens with zero attached hydrogens (tertiary/aromatic N) is 1. The van der Waals surface area contributed by atoms with E-state index in [1.807, 2.05) is 49.4 Å². The van der Waals surface area contributed by atoms with Gasteiger partial charge in [0.25, 0.3) is 0 Å². The zero-order chi connectivity index (χ0) is 12.3. The molecule has 0 saturated heterocycles. The first-order valence-corrected chi connectivity index (χ1v) is 5.91. The molecule has 1 aromatic carbocycles. The molecule has 2 nitrogen and oxygen atoms in total. The van der Waals surface area contributed by atoms with E-state index in [-0.39, 0.29) is 0 Å². The largest absolute Gasteiger partial charge is 0.382 e. The fourth-order valence-electron chi connectivity index (χ4n) is 1.82. The lowest BCUT2D eigenvalue weighted by atomic mass is 10.0. The smallest absolute Gasteiger partial charge is 0.121 e. The van der Waals surface area contributed by atoms with Gasteiger partial charge < -0.3 is 5.11 Å². The highest BCUT2D eigenvalue weighted by Crippen LogP contribution is 2.20. The second-order valence-electron chi connectivity index (χ2n) is 4.20. The Morgan fingerprint density at radius 3 is 2.41 bits per heavy atom. The third-order valence-corrected chi connectivity index (χ3v) is 2.89. The zero-order valence-electron chi connectivity index (χ0n) is 10.2. The Hall–Kier alpha value is -1.67. The Morgan fingerprint density at radius 1 is 1.12 bits per heavy atom. The summed E-state index contributed by atoms with van der Waals surface area (Å²) in [6, 6.07) is 13.7. The Bertz CT molecular complexity index is 491. The number of hydrogen-bond donors (Lipinski definition) is 1. The van der Waals surface area contributed by atoms with Crippen molar-refractivity contribution in [3.8, 4) is 0 Å². The molecule has 0 radical (unpaired) electrons. The molecule has 0 aliphatic carbocycles. The first kappa shape index (κ1) is 11.8. The van der Waals surface area contributed by atoms with Crippen LogP contribution in [0.2, 0.25) is 0 Å². The molecule has 0 bridgehead atoms. The molecule has 0 fully saturated rings. The van der Waals surface area contributed by atoms with E-state index in [2.05, 4.69) is 11.9 Å². The van der Waals surface area contributed by atoms with Crippen LogP contribution in [-0.2, 0) is 6.42 Å². The van der Waals surface area contributed by atoms with Crippen molar-refractivity contribution in [3.05, 3.63) is 65.0 Å². The molecular formula is C15H17NO. The number of aliphatic hydroxyl groups excluding tert-OH is 1. The average Bonchev–Trinajstić information content (AvgIpc) is 2.38. The predicted molar refractivity (Wildman–Crippen MR) is 68.9 cm³/mol. The summed E-state index contributed by atoms with van der Waals surface area (Å²) in [5.74, 6) is 0. The highest BCUT2D eigenvalue weighted by atomic mass is 16.3. The fourth-order valence-corrected chi connectivity index (χ4v) is 1.82. The summed E-state index contributed by atoms with van der Waals surface area (Å²) in [6.45, 7) is 4.05. The first-order valence-electron chi connectivity index (χ1n) is 5.91. The quantitative estimate of drug-likeness (QED) is 0.874. The summed E-state index contributed by atoms with van der Waals surface area (Å²) in [5, 5.41) is 10.2. The van der Waals surface area contributed by atoms with Gasteiger partial charge in [0.2, 0.25) is 0 Å². The van der Waals surface area contributed by atoms with Gasteiger partial charge in [0.15, 0.2) is 0 Å². The number of rotatable bonds is 3. The van der Waals surface area contributed by atoms with Crippen LogP contribution in [0.3, 0.4) is 0 Å². The van der Waals surface area contributed by atoms with Gasteiger partial charge in [-0.15, -0.1) is 0 Å². The van der Waals surface area contributed by atoms with E-state index in [0.717, 1.165) is 17.7 Å². The van der Waals surface area contributed by atoms with Crippen molar-refractivity contribution >= 4 is 0 Å². The molecule has 0 spiro atoms. The van der Waals surface area contributed by atoms with Gasteiger partial charge in [-0.1, -0.05) is 37.3 Å². The van der Waals surface area contributed by atoms with Crippen molar-refractivity contribution in [2.75, 3.05) is 0 Å². The maximum Gasteiger partial charge on any atom is 0.121 e. The van der Waals surface area contributed by atoms with Gasteiger partial charge in [0.1, 0.15) is 6.10 Å². The van der Waals surface area contributed by atoms with E-state index < -0.39 is 6.10 Å². The second kappa shape index (κ2) is 5.11. The van der Waals surface area contributed by atoms with Crippen LogP contribution < -0.4 is 0 Å².